The van der Waals surface area contributed by atoms with Crippen LogP contribution >= 0.6 is 0 Å². The summed E-state index contributed by atoms with van der Waals surface area (Å²) in [7, 11) is 0. The molecule has 9 N–H and O–H groups in total. The molecule has 4 aromatic rings. The van der Waals surface area contributed by atoms with Crippen molar-refractivity contribution >= 4 is 40.2 Å². The number of nitrogens with two attached hydrogens (primary N) is 3. The van der Waals surface area contributed by atoms with E-state index in [0.717, 1.165) is 0 Å². The fourth-order valence-corrected chi connectivity index (χ4v) is 3.09. The Kier molecular flexibility index (Phi) is 10.0. The lowest BCUT2D eigenvalue weighted by Crippen LogP contribution is -2.37. The number of aliphatic hydroxyl groups excluding tert-OH is 1. The van der Waals surface area contributed by atoms with Gasteiger partial charge < -0.3 is 36.5 Å². The van der Waals surface area contributed by atoms with E-state index in [-0.39, 0.29) is 74.3 Å². The van der Waals surface area contributed by atoms with Crippen LogP contribution in [-0.2, 0) is 32.5 Å². The molecule has 0 aliphatic rings. The van der Waals surface area contributed by atoms with Crippen LogP contribution in [0.4, 0.5) is 11.9 Å². The minimum Gasteiger partial charge on any atom is -0.462 e. The number of fused-ring (bicyclic) bond motifs is 2. The first-order chi connectivity index (χ1) is 18.6. The van der Waals surface area contributed by atoms with Crippen molar-refractivity contribution in [1.29, 1.82) is 0 Å². The summed E-state index contributed by atoms with van der Waals surface area (Å²) in [4.78, 5) is 55.1. The van der Waals surface area contributed by atoms with Crippen molar-refractivity contribution in [3.8, 4) is 0 Å². The zero-order valence-corrected chi connectivity index (χ0v) is 21.4. The SMILES string of the molecule is CC(C)C(N)C(=O)OCCOCn1cnc2c(=O)[nH]c(N)nc21.Nc1nc2c(ncn2COCCO)c(=O)[nH]1. The molecule has 0 fully saturated rings. The molecule has 4 rings (SSSR count). The summed E-state index contributed by atoms with van der Waals surface area (Å²) >= 11 is 0. The molecule has 1 unspecified atom stereocenters. The van der Waals surface area contributed by atoms with Crippen LogP contribution in [0.1, 0.15) is 13.8 Å². The Balaban J connectivity index is 0.000000230. The molecule has 0 bridgehead atoms. The molecule has 0 aliphatic carbocycles. The van der Waals surface area contributed by atoms with E-state index >= 15 is 0 Å². The van der Waals surface area contributed by atoms with Gasteiger partial charge in [-0.3, -0.25) is 33.5 Å². The maximum Gasteiger partial charge on any atom is 0.323 e. The number of esters is 1. The number of nitrogens with one attached hydrogen (secondary N) is 2. The summed E-state index contributed by atoms with van der Waals surface area (Å²) in [5, 5.41) is 8.56. The fourth-order valence-electron chi connectivity index (χ4n) is 3.09. The molecule has 0 saturated heterocycles. The van der Waals surface area contributed by atoms with Crippen LogP contribution < -0.4 is 28.3 Å². The monoisotopic (exact) mass is 549 g/mol. The lowest BCUT2D eigenvalue weighted by Gasteiger charge is -2.14. The predicted molar refractivity (Wildman–Crippen MR) is 138 cm³/mol. The Morgan fingerprint density at radius 3 is 1.87 bits per heavy atom. The third-order valence-electron chi connectivity index (χ3n) is 5.14. The van der Waals surface area contributed by atoms with Crippen molar-refractivity contribution in [3.63, 3.8) is 0 Å². The number of rotatable bonds is 11. The van der Waals surface area contributed by atoms with Gasteiger partial charge in [-0.05, 0) is 5.92 Å². The number of hydrogen-bond acceptors (Lipinski definition) is 14. The summed E-state index contributed by atoms with van der Waals surface area (Å²) in [6.45, 7) is 4.34. The topological polar surface area (TPSA) is 270 Å². The smallest absolute Gasteiger partial charge is 0.323 e. The van der Waals surface area contributed by atoms with E-state index in [9.17, 15) is 14.4 Å². The molecule has 0 amide bonds. The summed E-state index contributed by atoms with van der Waals surface area (Å²) < 4.78 is 18.5. The molecular weight excluding hydrogens is 518 g/mol. The van der Waals surface area contributed by atoms with Crippen LogP contribution in [0.5, 0.6) is 0 Å². The molecule has 0 spiro atoms. The van der Waals surface area contributed by atoms with E-state index in [0.29, 0.717) is 11.3 Å². The van der Waals surface area contributed by atoms with Crippen LogP contribution in [0.3, 0.4) is 0 Å². The van der Waals surface area contributed by atoms with Crippen molar-refractivity contribution < 1.29 is 24.1 Å². The first-order valence-electron chi connectivity index (χ1n) is 11.7. The molecule has 212 valence electrons. The number of aromatic amines is 2. The van der Waals surface area contributed by atoms with Crippen LogP contribution in [0, 0.1) is 5.92 Å². The highest BCUT2D eigenvalue weighted by Crippen LogP contribution is 2.07. The van der Waals surface area contributed by atoms with Crippen molar-refractivity contribution in [2.75, 3.05) is 37.9 Å². The van der Waals surface area contributed by atoms with E-state index in [4.69, 9.17) is 36.5 Å². The summed E-state index contributed by atoms with van der Waals surface area (Å²) in [6.07, 6.45) is 2.86. The average Bonchev–Trinajstić information content (AvgIpc) is 3.48. The minimum atomic E-state index is -0.647. The van der Waals surface area contributed by atoms with Gasteiger partial charge in [-0.25, -0.2) is 9.97 Å². The van der Waals surface area contributed by atoms with Gasteiger partial charge >= 0.3 is 5.97 Å². The lowest BCUT2D eigenvalue weighted by atomic mass is 10.1. The molecule has 0 radical (unpaired) electrons. The maximum absolute atomic E-state index is 11.6. The van der Waals surface area contributed by atoms with Gasteiger partial charge in [0.15, 0.2) is 22.3 Å². The van der Waals surface area contributed by atoms with E-state index in [1.54, 1.807) is 0 Å². The zero-order valence-electron chi connectivity index (χ0n) is 21.4. The molecule has 0 aliphatic heterocycles. The van der Waals surface area contributed by atoms with Gasteiger partial charge in [-0.2, -0.15) is 9.97 Å². The highest BCUT2D eigenvalue weighted by molar-refractivity contribution is 5.75. The molecule has 18 heteroatoms. The Hall–Kier alpha value is -4.39. The average molecular weight is 550 g/mol. The second-order valence-corrected chi connectivity index (χ2v) is 8.41. The molecule has 4 heterocycles. The van der Waals surface area contributed by atoms with Crippen LogP contribution in [0.25, 0.3) is 22.3 Å². The van der Waals surface area contributed by atoms with E-state index in [1.165, 1.54) is 21.8 Å². The Morgan fingerprint density at radius 2 is 1.41 bits per heavy atom. The van der Waals surface area contributed by atoms with Gasteiger partial charge in [-0.15, -0.1) is 0 Å². The molecule has 0 aromatic carbocycles. The molecule has 1 atom stereocenters. The number of aliphatic hydroxyl groups is 1. The van der Waals surface area contributed by atoms with Crippen molar-refractivity contribution in [3.05, 3.63) is 33.4 Å². The second kappa shape index (κ2) is 13.4. The number of H-pyrrole nitrogens is 2. The molecular formula is C21H31N11O7. The third kappa shape index (κ3) is 7.57. The number of carbonyl (C=O) groups is 1. The van der Waals surface area contributed by atoms with Crippen LogP contribution in [-0.4, -0.2) is 82.6 Å². The highest BCUT2D eigenvalue weighted by atomic mass is 16.6. The van der Waals surface area contributed by atoms with Crippen LogP contribution in [0.15, 0.2) is 22.2 Å². The minimum absolute atomic E-state index is 0.000790. The van der Waals surface area contributed by atoms with E-state index in [2.05, 4.69) is 29.9 Å². The van der Waals surface area contributed by atoms with Gasteiger partial charge in [0.25, 0.3) is 11.1 Å². The molecule has 39 heavy (non-hydrogen) atoms. The highest BCUT2D eigenvalue weighted by Gasteiger charge is 2.18. The number of carbonyl (C=O) groups excluding carboxylic acids is 1. The third-order valence-corrected chi connectivity index (χ3v) is 5.14. The standard InChI is InChI=1S/C13H20N6O4.C8H11N5O3/c1-7(2)8(14)12(21)23-4-3-22-6-19-5-16-9-10(19)17-13(15)18-11(9)20;9-8-11-6-5(7(15)12-8)10-3-13(6)4-16-2-1-14/h5,7-8H,3-4,6,14H2,1-2H3,(H3,15,17,18,20);3,14H,1-2,4H2,(H3,9,11,12,15). The molecule has 4 aromatic heterocycles. The first kappa shape index (κ1) is 29.2. The largest absolute Gasteiger partial charge is 0.462 e. The lowest BCUT2D eigenvalue weighted by molar-refractivity contribution is -0.148. The Morgan fingerprint density at radius 1 is 0.923 bits per heavy atom. The first-order valence-corrected chi connectivity index (χ1v) is 11.7. The summed E-state index contributed by atoms with van der Waals surface area (Å²) in [5.74, 6) is -0.421. The van der Waals surface area contributed by atoms with Crippen molar-refractivity contribution in [1.82, 2.24) is 39.0 Å². The number of imidazole rings is 2. The van der Waals surface area contributed by atoms with Crippen molar-refractivity contribution in [2.45, 2.75) is 33.4 Å². The van der Waals surface area contributed by atoms with Gasteiger partial charge in [0.05, 0.1) is 32.5 Å². The van der Waals surface area contributed by atoms with Gasteiger partial charge in [-0.1, -0.05) is 13.8 Å². The second-order valence-electron chi connectivity index (χ2n) is 8.41. The fraction of sp³-hybridized carbons (Fsp3) is 0.476. The molecule has 18 nitrogen and oxygen atoms in total. The number of ether oxygens (including phenoxy) is 3. The van der Waals surface area contributed by atoms with Gasteiger partial charge in [0, 0.05) is 0 Å². The normalized spacial score (nSPS) is 12.0. The number of nitrogen functional groups attached to an aromatic ring is 2. The summed E-state index contributed by atoms with van der Waals surface area (Å²) in [5.41, 5.74) is 16.9. The van der Waals surface area contributed by atoms with Gasteiger partial charge in [0.2, 0.25) is 11.9 Å². The van der Waals surface area contributed by atoms with Gasteiger partial charge in [0.1, 0.15) is 26.1 Å². The zero-order chi connectivity index (χ0) is 28.5. The number of aromatic nitrogens is 8. The van der Waals surface area contributed by atoms with Crippen LogP contribution in [0.2, 0.25) is 0 Å². The van der Waals surface area contributed by atoms with E-state index in [1.807, 2.05) is 13.8 Å². The Bertz CT molecular complexity index is 1510. The number of hydrogen-bond donors (Lipinski definition) is 6. The number of anilines is 2. The summed E-state index contributed by atoms with van der Waals surface area (Å²) in [6, 6.07) is -0.647. The predicted octanol–water partition coefficient (Wildman–Crippen LogP) is -2.13. The molecule has 0 saturated carbocycles. The van der Waals surface area contributed by atoms with E-state index < -0.39 is 17.6 Å². The number of nitrogens with zero attached hydrogens (tertiary/aromatic N) is 6. The quantitative estimate of drug-likeness (QED) is 0.0861. The van der Waals surface area contributed by atoms with Crippen molar-refractivity contribution in [2.24, 2.45) is 11.7 Å². The Labute approximate surface area is 220 Å². The maximum atomic E-state index is 11.6.